The molecule has 19 heavy (non-hydrogen) atoms. The molecule has 0 unspecified atom stereocenters. The molecule has 0 bridgehead atoms. The molecule has 7 heteroatoms. The van der Waals surface area contributed by atoms with Gasteiger partial charge in [-0.3, -0.25) is 4.79 Å². The topological polar surface area (TPSA) is 86.6 Å². The van der Waals surface area contributed by atoms with Crippen molar-refractivity contribution in [1.29, 1.82) is 0 Å². The lowest BCUT2D eigenvalue weighted by atomic mass is 10.1. The quantitative estimate of drug-likeness (QED) is 0.743. The molecule has 1 rings (SSSR count). The smallest absolute Gasteiger partial charge is 0.332 e. The first-order valence-electron chi connectivity index (χ1n) is 5.52. The summed E-state index contributed by atoms with van der Waals surface area (Å²) in [6, 6.07) is 4.93. The van der Waals surface area contributed by atoms with Crippen LogP contribution in [0, 0.1) is 0 Å². The molecule has 1 atom stereocenters. The Morgan fingerprint density at radius 2 is 1.84 bits per heavy atom. The van der Waals surface area contributed by atoms with Crippen LogP contribution in [0.15, 0.2) is 18.2 Å². The summed E-state index contributed by atoms with van der Waals surface area (Å²) in [6.07, 6.45) is -1.54. The van der Waals surface area contributed by atoms with Gasteiger partial charge >= 0.3 is 5.97 Å². The van der Waals surface area contributed by atoms with Gasteiger partial charge in [-0.05, 0) is 17.7 Å². The maximum atomic E-state index is 11.6. The van der Waals surface area contributed by atoms with Crippen molar-refractivity contribution in [2.45, 2.75) is 18.9 Å². The summed E-state index contributed by atoms with van der Waals surface area (Å²) in [7, 11) is 0. The summed E-state index contributed by atoms with van der Waals surface area (Å²) in [6.45, 7) is 0.0639. The highest BCUT2D eigenvalue weighted by Crippen LogP contribution is 2.24. The first-order valence-corrected chi connectivity index (χ1v) is 6.28. The number of carbonyl (C=O) groups excluding carboxylic acids is 1. The second-order valence-electron chi connectivity index (χ2n) is 3.87. The third kappa shape index (κ3) is 5.06. The second kappa shape index (κ2) is 7.33. The number of nitrogens with one attached hydrogen (secondary N) is 1. The van der Waals surface area contributed by atoms with Crippen LogP contribution in [0.3, 0.4) is 0 Å². The highest BCUT2D eigenvalue weighted by molar-refractivity contribution is 6.36. The Bertz CT molecular complexity index is 459. The number of halogens is 2. The predicted molar refractivity (Wildman–Crippen MR) is 71.4 cm³/mol. The second-order valence-corrected chi connectivity index (χ2v) is 4.68. The molecule has 0 aromatic heterocycles. The summed E-state index contributed by atoms with van der Waals surface area (Å²) < 4.78 is 0. The lowest BCUT2D eigenvalue weighted by Gasteiger charge is -2.09. The maximum absolute atomic E-state index is 11.6. The molecule has 0 spiro atoms. The molecule has 1 aromatic carbocycles. The van der Waals surface area contributed by atoms with Crippen LogP contribution in [0.4, 0.5) is 0 Å². The number of carboxylic acid groups (broad SMARTS) is 1. The molecule has 0 aliphatic heterocycles. The average molecular weight is 306 g/mol. The van der Waals surface area contributed by atoms with Gasteiger partial charge in [-0.2, -0.15) is 0 Å². The van der Waals surface area contributed by atoms with E-state index in [9.17, 15) is 9.59 Å². The molecular weight excluding hydrogens is 293 g/mol. The van der Waals surface area contributed by atoms with Crippen molar-refractivity contribution in [3.63, 3.8) is 0 Å². The molecule has 3 N–H and O–H groups in total. The Kier molecular flexibility index (Phi) is 6.08. The van der Waals surface area contributed by atoms with Crippen molar-refractivity contribution >= 4 is 35.1 Å². The Hall–Kier alpha value is -1.30. The van der Waals surface area contributed by atoms with Crippen LogP contribution in [-0.2, 0) is 16.0 Å². The minimum Gasteiger partial charge on any atom is -0.479 e. The Morgan fingerprint density at radius 1 is 1.26 bits per heavy atom. The van der Waals surface area contributed by atoms with Crippen molar-refractivity contribution in [2.75, 3.05) is 6.54 Å². The van der Waals surface area contributed by atoms with Crippen LogP contribution in [0.25, 0.3) is 0 Å². The standard InChI is InChI=1S/C12H13Cl2NO4/c13-8-2-1-3-9(14)7(8)6-11(17)15-5-4-10(16)12(18)19/h1-3,10,16H,4-6H2,(H,15,17)(H,18,19)/t10-/m0/s1. The van der Waals surface area contributed by atoms with E-state index in [1.54, 1.807) is 18.2 Å². The number of hydrogen-bond donors (Lipinski definition) is 3. The normalized spacial score (nSPS) is 11.9. The molecule has 0 heterocycles. The zero-order chi connectivity index (χ0) is 14.4. The highest BCUT2D eigenvalue weighted by atomic mass is 35.5. The number of amides is 1. The van der Waals surface area contributed by atoms with Crippen LogP contribution >= 0.6 is 23.2 Å². The van der Waals surface area contributed by atoms with Gasteiger partial charge in [0.25, 0.3) is 0 Å². The summed E-state index contributed by atoms with van der Waals surface area (Å²) in [4.78, 5) is 22.0. The lowest BCUT2D eigenvalue weighted by Crippen LogP contribution is -2.31. The molecule has 0 saturated heterocycles. The SMILES string of the molecule is O=C(Cc1c(Cl)cccc1Cl)NCC[C@H](O)C(=O)O. The first-order chi connectivity index (χ1) is 8.91. The third-order valence-corrected chi connectivity index (χ3v) is 3.13. The number of benzene rings is 1. The van der Waals surface area contributed by atoms with Crippen LogP contribution in [0.1, 0.15) is 12.0 Å². The van der Waals surface area contributed by atoms with Crippen molar-refractivity contribution in [3.05, 3.63) is 33.8 Å². The molecule has 1 aromatic rings. The number of hydrogen-bond acceptors (Lipinski definition) is 3. The number of carboxylic acids is 1. The fourth-order valence-electron chi connectivity index (χ4n) is 1.40. The Balaban J connectivity index is 2.46. The van der Waals surface area contributed by atoms with Crippen molar-refractivity contribution in [1.82, 2.24) is 5.32 Å². The summed E-state index contributed by atoms with van der Waals surface area (Å²) >= 11 is 11.8. The number of rotatable bonds is 6. The molecule has 0 fully saturated rings. The summed E-state index contributed by atoms with van der Waals surface area (Å²) in [5.74, 6) is -1.66. The van der Waals surface area contributed by atoms with E-state index in [1.165, 1.54) is 0 Å². The number of carbonyl (C=O) groups is 2. The zero-order valence-electron chi connectivity index (χ0n) is 9.90. The minimum absolute atomic E-state index is 0.00166. The van der Waals surface area contributed by atoms with Gasteiger partial charge in [0.1, 0.15) is 0 Å². The maximum Gasteiger partial charge on any atom is 0.332 e. The Labute approximate surface area is 120 Å². The number of aliphatic hydroxyl groups is 1. The summed E-state index contributed by atoms with van der Waals surface area (Å²) in [5, 5.41) is 20.8. The van der Waals surface area contributed by atoms with Crippen LogP contribution < -0.4 is 5.32 Å². The summed E-state index contributed by atoms with van der Waals surface area (Å²) in [5.41, 5.74) is 0.516. The van der Waals surface area contributed by atoms with E-state index in [4.69, 9.17) is 33.4 Å². The van der Waals surface area contributed by atoms with Crippen molar-refractivity contribution < 1.29 is 19.8 Å². The van der Waals surface area contributed by atoms with Crippen LogP contribution in [0.2, 0.25) is 10.0 Å². The first kappa shape index (κ1) is 15.8. The highest BCUT2D eigenvalue weighted by Gasteiger charge is 2.14. The van der Waals surface area contributed by atoms with Gasteiger partial charge in [-0.25, -0.2) is 4.79 Å². The molecule has 1 amide bonds. The molecule has 104 valence electrons. The predicted octanol–water partition coefficient (Wildman–Crippen LogP) is 1.49. The van der Waals surface area contributed by atoms with Gasteiger partial charge < -0.3 is 15.5 Å². The van der Waals surface area contributed by atoms with E-state index in [1.807, 2.05) is 0 Å². The fraction of sp³-hybridized carbons (Fsp3) is 0.333. The van der Waals surface area contributed by atoms with Crippen LogP contribution in [0.5, 0.6) is 0 Å². The van der Waals surface area contributed by atoms with E-state index in [0.29, 0.717) is 15.6 Å². The molecular formula is C12H13Cl2NO4. The van der Waals surface area contributed by atoms with Gasteiger partial charge in [-0.1, -0.05) is 29.3 Å². The van der Waals surface area contributed by atoms with E-state index in [0.717, 1.165) is 0 Å². The molecule has 0 aliphatic carbocycles. The largest absolute Gasteiger partial charge is 0.479 e. The van der Waals surface area contributed by atoms with Gasteiger partial charge in [0.2, 0.25) is 5.91 Å². The molecule has 0 radical (unpaired) electrons. The zero-order valence-corrected chi connectivity index (χ0v) is 11.4. The minimum atomic E-state index is -1.48. The van der Waals surface area contributed by atoms with Gasteiger partial charge in [0.05, 0.1) is 6.42 Å². The Morgan fingerprint density at radius 3 is 2.37 bits per heavy atom. The fourth-order valence-corrected chi connectivity index (χ4v) is 1.93. The van der Waals surface area contributed by atoms with E-state index >= 15 is 0 Å². The molecule has 5 nitrogen and oxygen atoms in total. The number of aliphatic carboxylic acids is 1. The average Bonchev–Trinajstić information content (AvgIpc) is 2.33. The van der Waals surface area contributed by atoms with E-state index in [2.05, 4.69) is 5.32 Å². The third-order valence-electron chi connectivity index (χ3n) is 2.42. The van der Waals surface area contributed by atoms with Gasteiger partial charge in [0.15, 0.2) is 6.10 Å². The van der Waals surface area contributed by atoms with E-state index in [-0.39, 0.29) is 25.3 Å². The monoisotopic (exact) mass is 305 g/mol. The van der Waals surface area contributed by atoms with E-state index < -0.39 is 12.1 Å². The van der Waals surface area contributed by atoms with Gasteiger partial charge in [0, 0.05) is 23.0 Å². The van der Waals surface area contributed by atoms with Crippen molar-refractivity contribution in [3.8, 4) is 0 Å². The van der Waals surface area contributed by atoms with Gasteiger partial charge in [-0.15, -0.1) is 0 Å². The van der Waals surface area contributed by atoms with Crippen molar-refractivity contribution in [2.24, 2.45) is 0 Å². The molecule has 0 saturated carbocycles. The number of aliphatic hydroxyl groups excluding tert-OH is 1. The lowest BCUT2D eigenvalue weighted by molar-refractivity contribution is -0.147. The van der Waals surface area contributed by atoms with Crippen LogP contribution in [-0.4, -0.2) is 34.7 Å². The molecule has 0 aliphatic rings.